The van der Waals surface area contributed by atoms with Crippen molar-refractivity contribution in [1.29, 1.82) is 0 Å². The van der Waals surface area contributed by atoms with Crippen LogP contribution < -0.4 is 19.5 Å². The molecule has 1 saturated carbocycles. The highest BCUT2D eigenvalue weighted by Crippen LogP contribution is 2.38. The van der Waals surface area contributed by atoms with Crippen molar-refractivity contribution in [2.24, 2.45) is 17.8 Å². The Balaban J connectivity index is 1.68. The number of nitrogens with one attached hydrogen (secondary N) is 1. The summed E-state index contributed by atoms with van der Waals surface area (Å²) in [5.41, 5.74) is 1.63. The summed E-state index contributed by atoms with van der Waals surface area (Å²) in [7, 11) is 3.05. The molecule has 12 heteroatoms. The quantitative estimate of drug-likeness (QED) is 0.164. The molecular weight excluding hydrogens is 755 g/mol. The van der Waals surface area contributed by atoms with E-state index in [0.717, 1.165) is 24.8 Å². The van der Waals surface area contributed by atoms with Gasteiger partial charge in [0.05, 0.1) is 36.5 Å². The van der Waals surface area contributed by atoms with E-state index in [1.54, 1.807) is 24.2 Å². The van der Waals surface area contributed by atoms with Crippen LogP contribution in [0.1, 0.15) is 62.4 Å². The number of amides is 2. The normalized spacial score (nSPS) is 23.5. The number of hydrogen-bond donors (Lipinski definition) is 3. The van der Waals surface area contributed by atoms with Gasteiger partial charge in [0.2, 0.25) is 11.8 Å². The van der Waals surface area contributed by atoms with E-state index in [-0.39, 0.29) is 50.5 Å². The first kappa shape index (κ1) is 39.6. The minimum Gasteiger partial charge on any atom is -0.497 e. The summed E-state index contributed by atoms with van der Waals surface area (Å²) < 4.78 is 24.3. The van der Waals surface area contributed by atoms with Crippen molar-refractivity contribution < 1.29 is 43.5 Å². The molecule has 6 unspecified atom stereocenters. The molecule has 6 atom stereocenters. The first-order valence-corrected chi connectivity index (χ1v) is 18.4. The van der Waals surface area contributed by atoms with Gasteiger partial charge in [0.25, 0.3) is 0 Å². The molecule has 0 aromatic heterocycles. The number of aliphatic hydroxyl groups excluding tert-OH is 2. The summed E-state index contributed by atoms with van der Waals surface area (Å²) >= 11 is 2.03. The zero-order chi connectivity index (χ0) is 36.4. The summed E-state index contributed by atoms with van der Waals surface area (Å²) in [6.07, 6.45) is 3.45. The smallest absolute Gasteiger partial charge is 0.248 e. The Morgan fingerprint density at radius 2 is 1.92 bits per heavy atom. The van der Waals surface area contributed by atoms with Gasteiger partial charge in [0.1, 0.15) is 30.9 Å². The molecule has 2 aliphatic carbocycles. The van der Waals surface area contributed by atoms with Gasteiger partial charge >= 0.3 is 0 Å². The fourth-order valence-corrected chi connectivity index (χ4v) is 7.71. The molecule has 2 aromatic rings. The zero-order valence-corrected chi connectivity index (χ0v) is 31.8. The molecule has 50 heavy (non-hydrogen) atoms. The minimum absolute atomic E-state index is 0.0386. The molecule has 2 aliphatic rings. The van der Waals surface area contributed by atoms with E-state index in [4.69, 9.17) is 18.9 Å². The topological polar surface area (TPSA) is 144 Å². The molecule has 3 N–H and O–H groups in total. The summed E-state index contributed by atoms with van der Waals surface area (Å²) in [4.78, 5) is 40.8. The molecular formula is C38H51IN2O9. The van der Waals surface area contributed by atoms with Gasteiger partial charge < -0.3 is 39.4 Å². The number of rotatable bonds is 16. The van der Waals surface area contributed by atoms with E-state index in [1.165, 1.54) is 13.2 Å². The van der Waals surface area contributed by atoms with Crippen molar-refractivity contribution in [1.82, 2.24) is 10.2 Å². The maximum absolute atomic E-state index is 14.3. The van der Waals surface area contributed by atoms with Crippen LogP contribution in [0.3, 0.4) is 0 Å². The SMILES string of the molecule is COc1cccc(CCN(C(=O)COC2CC(C)CCC2C(C)C)C2CC(C(=O)NCCO)=CC(Oc3c(I)cc(C=O)cc3OC)C2O)c1. The second-order valence-electron chi connectivity index (χ2n) is 13.5. The number of carbonyl (C=O) groups excluding carboxylic acids is 3. The number of aliphatic hydroxyl groups is 2. The van der Waals surface area contributed by atoms with Crippen molar-refractivity contribution in [2.45, 2.75) is 77.2 Å². The maximum Gasteiger partial charge on any atom is 0.248 e. The number of aldehydes is 1. The number of carbonyl (C=O) groups is 3. The zero-order valence-electron chi connectivity index (χ0n) is 29.6. The van der Waals surface area contributed by atoms with E-state index in [9.17, 15) is 24.6 Å². The Labute approximate surface area is 308 Å². The van der Waals surface area contributed by atoms with E-state index in [2.05, 4.69) is 26.1 Å². The Morgan fingerprint density at radius 1 is 1.14 bits per heavy atom. The van der Waals surface area contributed by atoms with Gasteiger partial charge in [-0.1, -0.05) is 39.3 Å². The van der Waals surface area contributed by atoms with Crippen LogP contribution in [-0.2, 0) is 20.7 Å². The van der Waals surface area contributed by atoms with Crippen LogP contribution in [0, 0.1) is 21.3 Å². The standard InChI is InChI=1S/C38H51IN2O9/c1-23(2)29-10-9-24(3)15-32(29)49-22-35(44)41(13-11-25-7-6-8-28(16-25)47-4)31-19-27(38(46)40-12-14-42)20-33(36(31)45)50-37-30(39)17-26(21-43)18-34(37)48-5/h6-8,16-18,20-21,23-24,29,31-33,36,42,45H,9-15,19,22H2,1-5H3,(H,40,46). The van der Waals surface area contributed by atoms with Crippen LogP contribution in [0.4, 0.5) is 0 Å². The molecule has 0 spiro atoms. The monoisotopic (exact) mass is 806 g/mol. The molecule has 2 aromatic carbocycles. The number of halogens is 1. The fourth-order valence-electron chi connectivity index (χ4n) is 6.96. The van der Waals surface area contributed by atoms with Gasteiger partial charge in [-0.2, -0.15) is 0 Å². The molecule has 0 bridgehead atoms. The largest absolute Gasteiger partial charge is 0.497 e. The van der Waals surface area contributed by atoms with Gasteiger partial charge in [0, 0.05) is 30.6 Å². The van der Waals surface area contributed by atoms with Gasteiger partial charge in [-0.05, 0) is 95.5 Å². The first-order valence-electron chi connectivity index (χ1n) is 17.3. The molecule has 0 heterocycles. The van der Waals surface area contributed by atoms with Crippen LogP contribution >= 0.6 is 22.6 Å². The van der Waals surface area contributed by atoms with E-state index in [0.29, 0.717) is 56.7 Å². The number of methoxy groups -OCH3 is 2. The van der Waals surface area contributed by atoms with E-state index < -0.39 is 24.2 Å². The Bertz CT molecular complexity index is 1500. The van der Waals surface area contributed by atoms with Crippen LogP contribution in [-0.4, -0.2) is 98.1 Å². The highest BCUT2D eigenvalue weighted by molar-refractivity contribution is 14.1. The third-order valence-corrected chi connectivity index (χ3v) is 10.5. The molecule has 0 radical (unpaired) electrons. The third kappa shape index (κ3) is 10.2. The van der Waals surface area contributed by atoms with Crippen LogP contribution in [0.2, 0.25) is 0 Å². The molecule has 4 rings (SSSR count). The molecule has 0 saturated heterocycles. The lowest BCUT2D eigenvalue weighted by molar-refractivity contribution is -0.148. The number of hydrogen-bond acceptors (Lipinski definition) is 9. The lowest BCUT2D eigenvalue weighted by atomic mass is 9.75. The van der Waals surface area contributed by atoms with Gasteiger partial charge in [-0.25, -0.2) is 0 Å². The Hall–Kier alpha value is -3.20. The lowest BCUT2D eigenvalue weighted by Crippen LogP contribution is -2.56. The third-order valence-electron chi connectivity index (χ3n) is 9.73. The van der Waals surface area contributed by atoms with E-state index in [1.807, 2.05) is 46.9 Å². The summed E-state index contributed by atoms with van der Waals surface area (Å²) in [6.45, 7) is 6.46. The van der Waals surface area contributed by atoms with Crippen molar-refractivity contribution in [3.8, 4) is 17.2 Å². The van der Waals surface area contributed by atoms with Gasteiger partial charge in [-0.3, -0.25) is 14.4 Å². The average Bonchev–Trinajstić information content (AvgIpc) is 3.11. The van der Waals surface area contributed by atoms with Gasteiger partial charge in [0.15, 0.2) is 11.5 Å². The number of ether oxygens (including phenoxy) is 4. The Morgan fingerprint density at radius 3 is 2.60 bits per heavy atom. The summed E-state index contributed by atoms with van der Waals surface area (Å²) in [6, 6.07) is 9.91. The second kappa shape index (κ2) is 18.9. The van der Waals surface area contributed by atoms with Crippen molar-refractivity contribution in [3.05, 3.63) is 62.7 Å². The molecule has 2 amide bonds. The van der Waals surface area contributed by atoms with Crippen molar-refractivity contribution in [3.63, 3.8) is 0 Å². The predicted molar refractivity (Wildman–Crippen MR) is 198 cm³/mol. The second-order valence-corrected chi connectivity index (χ2v) is 14.7. The summed E-state index contributed by atoms with van der Waals surface area (Å²) in [5.74, 6) is 1.79. The van der Waals surface area contributed by atoms with Crippen LogP contribution in [0.15, 0.2) is 48.0 Å². The fraction of sp³-hybridized carbons (Fsp3) is 0.553. The molecule has 274 valence electrons. The average molecular weight is 807 g/mol. The van der Waals surface area contributed by atoms with E-state index >= 15 is 0 Å². The van der Waals surface area contributed by atoms with Crippen molar-refractivity contribution in [2.75, 3.05) is 40.5 Å². The Kier molecular flexibility index (Phi) is 14.9. The van der Waals surface area contributed by atoms with Gasteiger partial charge in [-0.15, -0.1) is 0 Å². The highest BCUT2D eigenvalue weighted by Gasteiger charge is 2.41. The predicted octanol–water partition coefficient (Wildman–Crippen LogP) is 4.59. The molecule has 11 nitrogen and oxygen atoms in total. The lowest BCUT2D eigenvalue weighted by Gasteiger charge is -2.41. The molecule has 1 fully saturated rings. The number of benzene rings is 2. The summed E-state index contributed by atoms with van der Waals surface area (Å²) in [5, 5.41) is 24.1. The minimum atomic E-state index is -1.25. The maximum atomic E-state index is 14.3. The number of nitrogens with zero attached hydrogens (tertiary/aromatic N) is 1. The molecule has 0 aliphatic heterocycles. The highest BCUT2D eigenvalue weighted by atomic mass is 127. The van der Waals surface area contributed by atoms with Crippen LogP contribution in [0.25, 0.3) is 0 Å². The van der Waals surface area contributed by atoms with Crippen LogP contribution in [0.5, 0.6) is 17.2 Å². The first-order chi connectivity index (χ1) is 24.0. The van der Waals surface area contributed by atoms with Crippen molar-refractivity contribution >= 4 is 40.7 Å².